The number of hydrogen-bond donors (Lipinski definition) is 1. The number of hydrogen-bond acceptors (Lipinski definition) is 1. The molecule has 104 valence electrons. The first-order valence-electron chi connectivity index (χ1n) is 7.15. The summed E-state index contributed by atoms with van der Waals surface area (Å²) < 4.78 is 15.1. The Morgan fingerprint density at radius 1 is 1.00 bits per heavy atom. The molecule has 1 aliphatic heterocycles. The highest BCUT2D eigenvalue weighted by atomic mass is 19.1. The smallest absolute Gasteiger partial charge is 0.152 e. The molecular weight excluding hydrogens is 249 g/mol. The van der Waals surface area contributed by atoms with Crippen molar-refractivity contribution in [2.75, 3.05) is 11.9 Å². The minimum Gasteiger partial charge on any atom is -0.384 e. The summed E-state index contributed by atoms with van der Waals surface area (Å²) in [6, 6.07) is 10.0. The minimum absolute atomic E-state index is 0.770. The predicted octanol–water partition coefficient (Wildman–Crippen LogP) is 4.64. The van der Waals surface area contributed by atoms with Gasteiger partial charge in [0.25, 0.3) is 0 Å². The van der Waals surface area contributed by atoms with Gasteiger partial charge in [0, 0.05) is 17.8 Å². The molecule has 0 radical (unpaired) electrons. The highest BCUT2D eigenvalue weighted by Crippen LogP contribution is 2.37. The van der Waals surface area contributed by atoms with Gasteiger partial charge in [-0.05, 0) is 55.0 Å². The van der Waals surface area contributed by atoms with E-state index < -0.39 is 6.17 Å². The lowest BCUT2D eigenvalue weighted by molar-refractivity contribution is 0.401. The number of benzene rings is 2. The van der Waals surface area contributed by atoms with Gasteiger partial charge in [0.1, 0.15) is 0 Å². The zero-order valence-electron chi connectivity index (χ0n) is 12.3. The SMILES string of the molecule is Cc1cc(C)c(C(F)c2cccc3c2NCC3)cc1C. The van der Waals surface area contributed by atoms with E-state index in [-0.39, 0.29) is 0 Å². The van der Waals surface area contributed by atoms with E-state index in [2.05, 4.69) is 24.4 Å². The number of nitrogens with one attached hydrogen (secondary N) is 1. The Labute approximate surface area is 119 Å². The molecule has 2 aromatic carbocycles. The summed E-state index contributed by atoms with van der Waals surface area (Å²) in [5, 5.41) is 3.32. The first kappa shape index (κ1) is 13.2. The third-order valence-electron chi connectivity index (χ3n) is 4.31. The van der Waals surface area contributed by atoms with Crippen molar-refractivity contribution in [1.29, 1.82) is 0 Å². The van der Waals surface area contributed by atoms with Crippen molar-refractivity contribution in [3.8, 4) is 0 Å². The Morgan fingerprint density at radius 2 is 1.75 bits per heavy atom. The van der Waals surface area contributed by atoms with Gasteiger partial charge in [0.2, 0.25) is 0 Å². The maximum absolute atomic E-state index is 15.1. The number of fused-ring (bicyclic) bond motifs is 1. The molecule has 0 fully saturated rings. The highest BCUT2D eigenvalue weighted by molar-refractivity contribution is 5.63. The lowest BCUT2D eigenvalue weighted by atomic mass is 9.93. The maximum atomic E-state index is 15.1. The largest absolute Gasteiger partial charge is 0.384 e. The number of halogens is 1. The minimum atomic E-state index is -1.06. The van der Waals surface area contributed by atoms with Crippen molar-refractivity contribution >= 4 is 5.69 Å². The average Bonchev–Trinajstić information content (AvgIpc) is 2.90. The summed E-state index contributed by atoms with van der Waals surface area (Å²) in [4.78, 5) is 0. The van der Waals surface area contributed by atoms with Gasteiger partial charge in [0.15, 0.2) is 6.17 Å². The molecule has 1 aliphatic rings. The van der Waals surface area contributed by atoms with E-state index in [9.17, 15) is 0 Å². The van der Waals surface area contributed by atoms with Gasteiger partial charge < -0.3 is 5.32 Å². The van der Waals surface area contributed by atoms with Crippen LogP contribution in [0.2, 0.25) is 0 Å². The van der Waals surface area contributed by atoms with Crippen LogP contribution in [0.3, 0.4) is 0 Å². The molecule has 1 unspecified atom stereocenters. The van der Waals surface area contributed by atoms with E-state index in [0.717, 1.165) is 40.9 Å². The topological polar surface area (TPSA) is 12.0 Å². The fraction of sp³-hybridized carbons (Fsp3) is 0.333. The van der Waals surface area contributed by atoms with Crippen LogP contribution in [0.25, 0.3) is 0 Å². The predicted molar refractivity (Wildman–Crippen MR) is 82.2 cm³/mol. The van der Waals surface area contributed by atoms with E-state index in [0.29, 0.717) is 0 Å². The summed E-state index contributed by atoms with van der Waals surface area (Å²) in [5.41, 5.74) is 7.17. The summed E-state index contributed by atoms with van der Waals surface area (Å²) in [5.74, 6) is 0. The molecule has 1 atom stereocenters. The summed E-state index contributed by atoms with van der Waals surface area (Å²) in [6.45, 7) is 7.01. The molecule has 0 bridgehead atoms. The van der Waals surface area contributed by atoms with Crippen LogP contribution in [0.4, 0.5) is 10.1 Å². The van der Waals surface area contributed by atoms with Gasteiger partial charge in [-0.15, -0.1) is 0 Å². The van der Waals surface area contributed by atoms with Crippen LogP contribution in [0.5, 0.6) is 0 Å². The quantitative estimate of drug-likeness (QED) is 0.837. The van der Waals surface area contributed by atoms with Crippen LogP contribution >= 0.6 is 0 Å². The zero-order chi connectivity index (χ0) is 14.3. The van der Waals surface area contributed by atoms with E-state index in [1.165, 1.54) is 11.1 Å². The Hall–Kier alpha value is -1.83. The Morgan fingerprint density at radius 3 is 2.55 bits per heavy atom. The second-order valence-corrected chi connectivity index (χ2v) is 5.71. The molecule has 0 saturated heterocycles. The molecule has 1 nitrogen and oxygen atoms in total. The van der Waals surface area contributed by atoms with Gasteiger partial charge >= 0.3 is 0 Å². The van der Waals surface area contributed by atoms with Crippen molar-refractivity contribution in [3.63, 3.8) is 0 Å². The van der Waals surface area contributed by atoms with Crippen LogP contribution in [-0.4, -0.2) is 6.54 Å². The Kier molecular flexibility index (Phi) is 3.25. The number of aryl methyl sites for hydroxylation is 3. The fourth-order valence-corrected chi connectivity index (χ4v) is 3.00. The third-order valence-corrected chi connectivity index (χ3v) is 4.31. The number of alkyl halides is 1. The molecule has 20 heavy (non-hydrogen) atoms. The highest BCUT2D eigenvalue weighted by Gasteiger charge is 2.22. The van der Waals surface area contributed by atoms with Crippen LogP contribution in [0, 0.1) is 20.8 Å². The maximum Gasteiger partial charge on any atom is 0.152 e. The number of rotatable bonds is 2. The second-order valence-electron chi connectivity index (χ2n) is 5.71. The molecular formula is C18H20FN. The van der Waals surface area contributed by atoms with Gasteiger partial charge in [0.05, 0.1) is 0 Å². The van der Waals surface area contributed by atoms with Crippen molar-refractivity contribution < 1.29 is 4.39 Å². The second kappa shape index (κ2) is 4.93. The first-order valence-corrected chi connectivity index (χ1v) is 7.15. The Balaban J connectivity index is 2.08. The molecule has 0 spiro atoms. The van der Waals surface area contributed by atoms with Crippen molar-refractivity contribution in [1.82, 2.24) is 0 Å². The van der Waals surface area contributed by atoms with E-state index in [1.807, 2.05) is 32.0 Å². The van der Waals surface area contributed by atoms with Crippen molar-refractivity contribution in [3.05, 3.63) is 63.7 Å². The van der Waals surface area contributed by atoms with Gasteiger partial charge in [-0.1, -0.05) is 30.3 Å². The van der Waals surface area contributed by atoms with Gasteiger partial charge in [-0.25, -0.2) is 4.39 Å². The van der Waals surface area contributed by atoms with Crippen LogP contribution in [0.1, 0.15) is 39.6 Å². The molecule has 0 aromatic heterocycles. The molecule has 2 heteroatoms. The third kappa shape index (κ3) is 2.09. The van der Waals surface area contributed by atoms with Crippen LogP contribution in [0.15, 0.2) is 30.3 Å². The fourth-order valence-electron chi connectivity index (χ4n) is 3.00. The number of anilines is 1. The van der Waals surface area contributed by atoms with Gasteiger partial charge in [-0.3, -0.25) is 0 Å². The molecule has 0 aliphatic carbocycles. The molecule has 3 rings (SSSR count). The first-order chi connectivity index (χ1) is 9.58. The normalized spacial score (nSPS) is 14.8. The van der Waals surface area contributed by atoms with Crippen LogP contribution < -0.4 is 5.32 Å². The van der Waals surface area contributed by atoms with Crippen molar-refractivity contribution in [2.24, 2.45) is 0 Å². The van der Waals surface area contributed by atoms with E-state index in [1.54, 1.807) is 0 Å². The lowest BCUT2D eigenvalue weighted by Gasteiger charge is -2.17. The van der Waals surface area contributed by atoms with Crippen LogP contribution in [-0.2, 0) is 6.42 Å². The van der Waals surface area contributed by atoms with Crippen molar-refractivity contribution in [2.45, 2.75) is 33.4 Å². The average molecular weight is 269 g/mol. The summed E-state index contributed by atoms with van der Waals surface area (Å²) >= 11 is 0. The van der Waals surface area contributed by atoms with E-state index in [4.69, 9.17) is 0 Å². The monoisotopic (exact) mass is 269 g/mol. The standard InChI is InChI=1S/C18H20FN/c1-11-9-13(3)16(10-12(11)2)17(19)15-6-4-5-14-7-8-20-18(14)15/h4-6,9-10,17,20H,7-8H2,1-3H3. The zero-order valence-corrected chi connectivity index (χ0v) is 12.3. The molecule has 1 N–H and O–H groups in total. The Bertz CT molecular complexity index is 661. The number of para-hydroxylation sites is 1. The molecule has 0 amide bonds. The van der Waals surface area contributed by atoms with E-state index >= 15 is 4.39 Å². The molecule has 1 heterocycles. The molecule has 0 saturated carbocycles. The summed E-state index contributed by atoms with van der Waals surface area (Å²) in [6.07, 6.45) is -0.0724. The lowest BCUT2D eigenvalue weighted by Crippen LogP contribution is -2.03. The molecule has 2 aromatic rings. The summed E-state index contributed by atoms with van der Waals surface area (Å²) in [7, 11) is 0. The van der Waals surface area contributed by atoms with Gasteiger partial charge in [-0.2, -0.15) is 0 Å².